The molecule has 1 atom stereocenters. The Kier molecular flexibility index (Phi) is 4.48. The van der Waals surface area contributed by atoms with Gasteiger partial charge in [0.15, 0.2) is 11.2 Å². The van der Waals surface area contributed by atoms with E-state index in [-0.39, 0.29) is 17.2 Å². The molecular formula is C18H18N2O4. The van der Waals surface area contributed by atoms with E-state index in [0.29, 0.717) is 17.5 Å². The second kappa shape index (κ2) is 6.72. The van der Waals surface area contributed by atoms with Crippen LogP contribution >= 0.6 is 0 Å². The summed E-state index contributed by atoms with van der Waals surface area (Å²) in [5.41, 5.74) is 0.155. The second-order valence-corrected chi connectivity index (χ2v) is 5.68. The molecule has 0 aliphatic carbocycles. The molecule has 1 aromatic carbocycles. The summed E-state index contributed by atoms with van der Waals surface area (Å²) in [4.78, 5) is 26.4. The molecule has 124 valence electrons. The Hall–Kier alpha value is -2.86. The van der Waals surface area contributed by atoms with Crippen LogP contribution in [0.25, 0.3) is 11.0 Å². The maximum Gasteiger partial charge on any atom is 0.287 e. The number of benzene rings is 1. The van der Waals surface area contributed by atoms with Crippen LogP contribution in [0, 0.1) is 0 Å². The molecular weight excluding hydrogens is 308 g/mol. The summed E-state index contributed by atoms with van der Waals surface area (Å²) in [5, 5.41) is 3.24. The predicted molar refractivity (Wildman–Crippen MR) is 90.0 cm³/mol. The quantitative estimate of drug-likeness (QED) is 0.779. The number of para-hydroxylation sites is 1. The molecule has 3 rings (SSSR count). The minimum Gasteiger partial charge on any atom is -0.468 e. The van der Waals surface area contributed by atoms with Crippen LogP contribution in [-0.2, 0) is 0 Å². The van der Waals surface area contributed by atoms with Gasteiger partial charge in [0, 0.05) is 12.6 Å². The summed E-state index contributed by atoms with van der Waals surface area (Å²) in [6, 6.07) is 11.6. The van der Waals surface area contributed by atoms with Crippen LogP contribution in [0.1, 0.15) is 22.4 Å². The first-order valence-electron chi connectivity index (χ1n) is 7.57. The Morgan fingerprint density at radius 1 is 1.21 bits per heavy atom. The molecule has 0 bridgehead atoms. The van der Waals surface area contributed by atoms with Crippen LogP contribution in [0.2, 0.25) is 0 Å². The molecule has 2 heterocycles. The molecule has 0 fully saturated rings. The Bertz CT molecular complexity index is 897. The van der Waals surface area contributed by atoms with Crippen molar-refractivity contribution in [2.75, 3.05) is 20.6 Å². The van der Waals surface area contributed by atoms with Gasteiger partial charge in [-0.2, -0.15) is 0 Å². The first kappa shape index (κ1) is 16.0. The van der Waals surface area contributed by atoms with Gasteiger partial charge < -0.3 is 14.2 Å². The van der Waals surface area contributed by atoms with Crippen LogP contribution in [0.4, 0.5) is 0 Å². The van der Waals surface area contributed by atoms with Crippen LogP contribution in [-0.4, -0.2) is 31.4 Å². The van der Waals surface area contributed by atoms with Gasteiger partial charge in [0.2, 0.25) is 0 Å². The first-order chi connectivity index (χ1) is 11.6. The van der Waals surface area contributed by atoms with Crippen molar-refractivity contribution in [1.29, 1.82) is 0 Å². The van der Waals surface area contributed by atoms with Crippen molar-refractivity contribution >= 4 is 16.9 Å². The molecule has 1 unspecified atom stereocenters. The number of nitrogens with one attached hydrogen (secondary N) is 1. The fourth-order valence-corrected chi connectivity index (χ4v) is 2.51. The maximum absolute atomic E-state index is 12.3. The van der Waals surface area contributed by atoms with E-state index in [1.54, 1.807) is 36.6 Å². The fourth-order valence-electron chi connectivity index (χ4n) is 2.51. The first-order valence-corrected chi connectivity index (χ1v) is 7.57. The number of nitrogens with zero attached hydrogens (tertiary/aromatic N) is 1. The second-order valence-electron chi connectivity index (χ2n) is 5.68. The highest BCUT2D eigenvalue weighted by Gasteiger charge is 2.19. The van der Waals surface area contributed by atoms with E-state index in [1.807, 2.05) is 25.1 Å². The van der Waals surface area contributed by atoms with Gasteiger partial charge in [0.1, 0.15) is 11.3 Å². The zero-order valence-electron chi connectivity index (χ0n) is 13.5. The Balaban J connectivity index is 1.79. The number of hydrogen-bond donors (Lipinski definition) is 1. The number of carbonyl (C=O) groups is 1. The summed E-state index contributed by atoms with van der Waals surface area (Å²) in [6.07, 6.45) is 1.59. The third-order valence-electron chi connectivity index (χ3n) is 3.81. The van der Waals surface area contributed by atoms with Crippen molar-refractivity contribution in [1.82, 2.24) is 10.2 Å². The van der Waals surface area contributed by atoms with Gasteiger partial charge in [-0.1, -0.05) is 12.1 Å². The summed E-state index contributed by atoms with van der Waals surface area (Å²) >= 11 is 0. The lowest BCUT2D eigenvalue weighted by atomic mass is 10.2. The third-order valence-corrected chi connectivity index (χ3v) is 3.81. The number of rotatable bonds is 5. The molecule has 0 radical (unpaired) electrons. The fraction of sp³-hybridized carbons (Fsp3) is 0.222. The lowest BCUT2D eigenvalue weighted by Crippen LogP contribution is -2.34. The van der Waals surface area contributed by atoms with Gasteiger partial charge in [-0.05, 0) is 38.4 Å². The molecule has 6 nitrogen and oxygen atoms in total. The van der Waals surface area contributed by atoms with Crippen LogP contribution in [0.3, 0.4) is 0 Å². The van der Waals surface area contributed by atoms with Crippen molar-refractivity contribution in [3.8, 4) is 0 Å². The number of amides is 1. The summed E-state index contributed by atoms with van der Waals surface area (Å²) < 4.78 is 10.9. The summed E-state index contributed by atoms with van der Waals surface area (Å²) in [6.45, 7) is 0.329. The lowest BCUT2D eigenvalue weighted by molar-refractivity contribution is 0.0912. The van der Waals surface area contributed by atoms with Gasteiger partial charge in [-0.25, -0.2) is 0 Å². The highest BCUT2D eigenvalue weighted by atomic mass is 16.3. The van der Waals surface area contributed by atoms with Crippen molar-refractivity contribution in [3.63, 3.8) is 0 Å². The van der Waals surface area contributed by atoms with Crippen LogP contribution < -0.4 is 10.7 Å². The molecule has 6 heteroatoms. The van der Waals surface area contributed by atoms with E-state index in [9.17, 15) is 9.59 Å². The summed E-state index contributed by atoms with van der Waals surface area (Å²) in [5.74, 6) is 0.312. The SMILES string of the molecule is CN(C)C(CNC(=O)c1cc(=O)c2ccccc2o1)c1ccco1. The zero-order chi connectivity index (χ0) is 17.1. The number of hydrogen-bond acceptors (Lipinski definition) is 5. The monoisotopic (exact) mass is 326 g/mol. The van der Waals surface area contributed by atoms with E-state index in [1.165, 1.54) is 6.07 Å². The highest BCUT2D eigenvalue weighted by molar-refractivity contribution is 5.93. The zero-order valence-corrected chi connectivity index (χ0v) is 13.5. The normalized spacial score (nSPS) is 12.5. The van der Waals surface area contributed by atoms with E-state index in [4.69, 9.17) is 8.83 Å². The average Bonchev–Trinajstić information content (AvgIpc) is 3.08. The van der Waals surface area contributed by atoms with Crippen molar-refractivity contribution in [2.45, 2.75) is 6.04 Å². The van der Waals surface area contributed by atoms with Gasteiger partial charge in [-0.3, -0.25) is 14.5 Å². The smallest absolute Gasteiger partial charge is 0.287 e. The number of furan rings is 1. The number of fused-ring (bicyclic) bond motifs is 1. The Morgan fingerprint density at radius 2 is 2.00 bits per heavy atom. The molecule has 1 amide bonds. The van der Waals surface area contributed by atoms with E-state index >= 15 is 0 Å². The van der Waals surface area contributed by atoms with Gasteiger partial charge >= 0.3 is 0 Å². The molecule has 0 saturated heterocycles. The van der Waals surface area contributed by atoms with Gasteiger partial charge in [0.05, 0.1) is 17.7 Å². The predicted octanol–water partition coefficient (Wildman–Crippen LogP) is 2.42. The van der Waals surface area contributed by atoms with E-state index < -0.39 is 5.91 Å². The minimum atomic E-state index is -0.434. The summed E-state index contributed by atoms with van der Waals surface area (Å²) in [7, 11) is 3.80. The van der Waals surface area contributed by atoms with Crippen LogP contribution in [0.5, 0.6) is 0 Å². The average molecular weight is 326 g/mol. The molecule has 24 heavy (non-hydrogen) atoms. The maximum atomic E-state index is 12.3. The number of carbonyl (C=O) groups excluding carboxylic acids is 1. The van der Waals surface area contributed by atoms with Crippen molar-refractivity contribution < 1.29 is 13.6 Å². The largest absolute Gasteiger partial charge is 0.468 e. The third kappa shape index (κ3) is 3.23. The van der Waals surface area contributed by atoms with Gasteiger partial charge in [0.25, 0.3) is 5.91 Å². The van der Waals surface area contributed by atoms with E-state index in [0.717, 1.165) is 5.76 Å². The molecule has 0 spiro atoms. The van der Waals surface area contributed by atoms with Crippen molar-refractivity contribution in [3.05, 3.63) is 70.5 Å². The topological polar surface area (TPSA) is 75.7 Å². The Morgan fingerprint density at radius 3 is 2.71 bits per heavy atom. The molecule has 0 saturated carbocycles. The van der Waals surface area contributed by atoms with Crippen LogP contribution in [0.15, 0.2) is 62.4 Å². The minimum absolute atomic E-state index is 0.00403. The highest BCUT2D eigenvalue weighted by Crippen LogP contribution is 2.18. The number of likely N-dealkylation sites (N-methyl/N-ethyl adjacent to an activating group) is 1. The molecule has 2 aromatic heterocycles. The van der Waals surface area contributed by atoms with Crippen molar-refractivity contribution in [2.24, 2.45) is 0 Å². The molecule has 0 aliphatic rings. The molecule has 3 aromatic rings. The van der Waals surface area contributed by atoms with E-state index in [2.05, 4.69) is 5.32 Å². The lowest BCUT2D eigenvalue weighted by Gasteiger charge is -2.22. The molecule has 1 N–H and O–H groups in total. The molecule has 0 aliphatic heterocycles. The van der Waals surface area contributed by atoms with Gasteiger partial charge in [-0.15, -0.1) is 0 Å². The standard InChI is InChI=1S/C18H18N2O4/c1-20(2)13(16-8-5-9-23-16)11-19-18(22)17-10-14(21)12-6-3-4-7-15(12)24-17/h3-10,13H,11H2,1-2H3,(H,19,22). The Labute approximate surface area is 138 Å².